The van der Waals surface area contributed by atoms with Gasteiger partial charge in [-0.1, -0.05) is 6.92 Å². The lowest BCUT2D eigenvalue weighted by Gasteiger charge is -2.15. The Morgan fingerprint density at radius 3 is 3.00 bits per heavy atom. The highest BCUT2D eigenvalue weighted by atomic mass is 32.2. The predicted octanol–water partition coefficient (Wildman–Crippen LogP) is 2.63. The van der Waals surface area contributed by atoms with Crippen LogP contribution in [0.2, 0.25) is 0 Å². The lowest BCUT2D eigenvalue weighted by molar-refractivity contribution is 0.614. The Hall–Kier alpha value is -0.640. The van der Waals surface area contributed by atoms with Crippen molar-refractivity contribution in [3.63, 3.8) is 0 Å². The van der Waals surface area contributed by atoms with Crippen LogP contribution in [0.1, 0.15) is 26.8 Å². The molecular formula is C10H19N3S. The molecule has 1 aromatic rings. The number of imidazole rings is 1. The summed E-state index contributed by atoms with van der Waals surface area (Å²) in [5, 5.41) is 3.26. The highest BCUT2D eigenvalue weighted by Gasteiger charge is 2.08. The van der Waals surface area contributed by atoms with Crippen LogP contribution >= 0.6 is 11.8 Å². The van der Waals surface area contributed by atoms with Crippen LogP contribution in [0.15, 0.2) is 12.4 Å². The summed E-state index contributed by atoms with van der Waals surface area (Å²) in [6, 6.07) is 0.511. The molecule has 1 atom stereocenters. The van der Waals surface area contributed by atoms with Gasteiger partial charge in [-0.2, -0.15) is 11.8 Å². The van der Waals surface area contributed by atoms with Crippen LogP contribution in [0, 0.1) is 0 Å². The van der Waals surface area contributed by atoms with Crippen LogP contribution in [-0.4, -0.2) is 27.6 Å². The molecule has 0 saturated carbocycles. The second kappa shape index (κ2) is 5.96. The molecule has 1 rings (SSSR count). The lowest BCUT2D eigenvalue weighted by atomic mass is 10.4. The number of aromatic nitrogens is 2. The van der Waals surface area contributed by atoms with E-state index in [-0.39, 0.29) is 0 Å². The topological polar surface area (TPSA) is 29.9 Å². The zero-order valence-electron chi connectivity index (χ0n) is 9.16. The van der Waals surface area contributed by atoms with Gasteiger partial charge in [-0.3, -0.25) is 0 Å². The van der Waals surface area contributed by atoms with Crippen LogP contribution < -0.4 is 5.32 Å². The van der Waals surface area contributed by atoms with Gasteiger partial charge in [0.2, 0.25) is 5.95 Å². The number of nitrogens with zero attached hydrogens (tertiary/aromatic N) is 2. The van der Waals surface area contributed by atoms with E-state index in [1.165, 1.54) is 5.75 Å². The van der Waals surface area contributed by atoms with Crippen molar-refractivity contribution in [3.8, 4) is 0 Å². The maximum atomic E-state index is 4.28. The summed E-state index contributed by atoms with van der Waals surface area (Å²) >= 11 is 1.96. The summed E-state index contributed by atoms with van der Waals surface area (Å²) < 4.78 is 2.20. The number of rotatable bonds is 6. The smallest absolute Gasteiger partial charge is 0.203 e. The molecule has 1 N–H and O–H groups in total. The van der Waals surface area contributed by atoms with E-state index in [1.807, 2.05) is 24.2 Å². The molecule has 0 bridgehead atoms. The maximum absolute atomic E-state index is 4.28. The van der Waals surface area contributed by atoms with Gasteiger partial charge in [0.15, 0.2) is 0 Å². The van der Waals surface area contributed by atoms with Crippen molar-refractivity contribution in [1.82, 2.24) is 9.55 Å². The minimum absolute atomic E-state index is 0.511. The van der Waals surface area contributed by atoms with Crippen LogP contribution in [0.5, 0.6) is 0 Å². The predicted molar refractivity (Wildman–Crippen MR) is 64.1 cm³/mol. The van der Waals surface area contributed by atoms with E-state index in [9.17, 15) is 0 Å². The molecule has 0 amide bonds. The number of anilines is 1. The third kappa shape index (κ3) is 2.94. The molecule has 1 heterocycles. The van der Waals surface area contributed by atoms with E-state index < -0.39 is 0 Å². The number of thioether (sulfide) groups is 1. The van der Waals surface area contributed by atoms with E-state index in [0.717, 1.165) is 18.2 Å². The van der Waals surface area contributed by atoms with E-state index in [4.69, 9.17) is 0 Å². The van der Waals surface area contributed by atoms with Gasteiger partial charge in [-0.25, -0.2) is 4.98 Å². The first kappa shape index (κ1) is 11.4. The molecule has 0 radical (unpaired) electrons. The fraction of sp³-hybridized carbons (Fsp3) is 0.700. The molecule has 0 spiro atoms. The summed E-state index contributed by atoms with van der Waals surface area (Å²) in [6.45, 7) is 7.43. The molecule has 4 heteroatoms. The minimum atomic E-state index is 0.511. The fourth-order valence-electron chi connectivity index (χ4n) is 1.33. The quantitative estimate of drug-likeness (QED) is 0.788. The summed E-state index contributed by atoms with van der Waals surface area (Å²) in [5.74, 6) is 3.30. The van der Waals surface area contributed by atoms with Crippen LogP contribution in [-0.2, 0) is 0 Å². The van der Waals surface area contributed by atoms with Gasteiger partial charge in [0.1, 0.15) is 0 Å². The van der Waals surface area contributed by atoms with Crippen molar-refractivity contribution in [2.45, 2.75) is 26.8 Å². The zero-order chi connectivity index (χ0) is 10.4. The van der Waals surface area contributed by atoms with Crippen molar-refractivity contribution < 1.29 is 0 Å². The van der Waals surface area contributed by atoms with Crippen molar-refractivity contribution in [1.29, 1.82) is 0 Å². The molecule has 1 aromatic heterocycles. The molecule has 3 nitrogen and oxygen atoms in total. The van der Waals surface area contributed by atoms with Crippen molar-refractivity contribution in [3.05, 3.63) is 12.4 Å². The first-order valence-corrected chi connectivity index (χ1v) is 6.29. The van der Waals surface area contributed by atoms with Gasteiger partial charge in [0.25, 0.3) is 0 Å². The maximum Gasteiger partial charge on any atom is 0.203 e. The fourth-order valence-corrected chi connectivity index (χ4v) is 2.07. The van der Waals surface area contributed by atoms with Gasteiger partial charge in [-0.05, 0) is 19.6 Å². The number of hydrogen-bond donors (Lipinski definition) is 1. The monoisotopic (exact) mass is 213 g/mol. The molecule has 80 valence electrons. The van der Waals surface area contributed by atoms with E-state index in [1.54, 1.807) is 0 Å². The van der Waals surface area contributed by atoms with Crippen LogP contribution in [0.25, 0.3) is 0 Å². The Balaban J connectivity index is 2.58. The Bertz CT molecular complexity index is 260. The molecule has 0 fully saturated rings. The van der Waals surface area contributed by atoms with Gasteiger partial charge in [-0.15, -0.1) is 0 Å². The van der Waals surface area contributed by atoms with E-state index in [2.05, 4.69) is 35.6 Å². The van der Waals surface area contributed by atoms with Gasteiger partial charge < -0.3 is 9.88 Å². The third-order valence-corrected chi connectivity index (χ3v) is 3.17. The van der Waals surface area contributed by atoms with Crippen molar-refractivity contribution in [2.24, 2.45) is 0 Å². The Kier molecular flexibility index (Phi) is 4.87. The first-order valence-electron chi connectivity index (χ1n) is 5.14. The second-order valence-corrected chi connectivity index (χ2v) is 4.52. The average Bonchev–Trinajstić information content (AvgIpc) is 2.63. The highest BCUT2D eigenvalue weighted by Crippen LogP contribution is 2.17. The largest absolute Gasteiger partial charge is 0.356 e. The minimum Gasteiger partial charge on any atom is -0.356 e. The Labute approximate surface area is 90.3 Å². The summed E-state index contributed by atoms with van der Waals surface area (Å²) in [6.07, 6.45) is 3.89. The number of hydrogen-bond acceptors (Lipinski definition) is 3. The molecule has 0 aliphatic heterocycles. The van der Waals surface area contributed by atoms with Gasteiger partial charge in [0, 0.05) is 30.7 Å². The molecule has 14 heavy (non-hydrogen) atoms. The SMILES string of the molecule is CCNc1nccn1C(C)CSCC. The number of nitrogens with one attached hydrogen (secondary N) is 1. The highest BCUT2D eigenvalue weighted by molar-refractivity contribution is 7.99. The lowest BCUT2D eigenvalue weighted by Crippen LogP contribution is -2.12. The van der Waals surface area contributed by atoms with Crippen LogP contribution in [0.4, 0.5) is 5.95 Å². The molecule has 1 unspecified atom stereocenters. The Morgan fingerprint density at radius 1 is 1.57 bits per heavy atom. The van der Waals surface area contributed by atoms with Crippen LogP contribution in [0.3, 0.4) is 0 Å². The standard InChI is InChI=1S/C10H19N3S/c1-4-11-10-12-6-7-13(10)9(3)8-14-5-2/h6-7,9H,4-5,8H2,1-3H3,(H,11,12). The van der Waals surface area contributed by atoms with E-state index in [0.29, 0.717) is 6.04 Å². The molecule has 0 aliphatic carbocycles. The van der Waals surface area contributed by atoms with Gasteiger partial charge >= 0.3 is 0 Å². The second-order valence-electron chi connectivity index (χ2n) is 3.20. The first-order chi connectivity index (χ1) is 6.79. The molecule has 0 aliphatic rings. The summed E-state index contributed by atoms with van der Waals surface area (Å²) in [5.41, 5.74) is 0. The molecule has 0 saturated heterocycles. The summed E-state index contributed by atoms with van der Waals surface area (Å²) in [4.78, 5) is 4.28. The third-order valence-electron chi connectivity index (χ3n) is 2.04. The van der Waals surface area contributed by atoms with Crippen molar-refractivity contribution in [2.75, 3.05) is 23.4 Å². The van der Waals surface area contributed by atoms with Crippen molar-refractivity contribution >= 4 is 17.7 Å². The van der Waals surface area contributed by atoms with E-state index >= 15 is 0 Å². The Morgan fingerprint density at radius 2 is 2.36 bits per heavy atom. The average molecular weight is 213 g/mol. The zero-order valence-corrected chi connectivity index (χ0v) is 9.97. The summed E-state index contributed by atoms with van der Waals surface area (Å²) in [7, 11) is 0. The molecule has 0 aromatic carbocycles. The van der Waals surface area contributed by atoms with Gasteiger partial charge in [0.05, 0.1) is 0 Å². The molecular weight excluding hydrogens is 194 g/mol. The normalized spacial score (nSPS) is 12.8.